The third-order valence-electron chi connectivity index (χ3n) is 5.98. The number of fused-ring (bicyclic) bond motifs is 2. The summed E-state index contributed by atoms with van der Waals surface area (Å²) in [5, 5.41) is 8.73. The normalized spacial score (nSPS) is 12.7. The van der Waals surface area contributed by atoms with Crippen molar-refractivity contribution >= 4 is 28.6 Å². The molecular weight excluding hydrogens is 410 g/mol. The standard InChI is InChI=1S/C28H29N3O2/c1-3-5-18-31(19-6-4-2)21-16-14-20(15-17-21)29-30-25-13-9-12-24-26(25)28(33)23-11-8-7-10-22(23)27(24)32/h7-17H,3-6,18-19H2,1-2H3. The fourth-order valence-corrected chi connectivity index (χ4v) is 4.12. The molecule has 0 amide bonds. The van der Waals surface area contributed by atoms with Gasteiger partial charge in [-0.25, -0.2) is 0 Å². The fraction of sp³-hybridized carbons (Fsp3) is 0.286. The number of azo groups is 1. The molecule has 5 heteroatoms. The number of rotatable bonds is 9. The van der Waals surface area contributed by atoms with E-state index in [9.17, 15) is 9.59 Å². The second kappa shape index (κ2) is 10.3. The third kappa shape index (κ3) is 4.77. The number of anilines is 1. The maximum Gasteiger partial charge on any atom is 0.196 e. The lowest BCUT2D eigenvalue weighted by atomic mass is 9.83. The van der Waals surface area contributed by atoms with Crippen LogP contribution in [0.3, 0.4) is 0 Å². The van der Waals surface area contributed by atoms with Crippen LogP contribution in [0.5, 0.6) is 0 Å². The largest absolute Gasteiger partial charge is 0.372 e. The summed E-state index contributed by atoms with van der Waals surface area (Å²) < 4.78 is 0. The highest BCUT2D eigenvalue weighted by Gasteiger charge is 2.31. The van der Waals surface area contributed by atoms with Crippen LogP contribution < -0.4 is 4.90 Å². The maximum absolute atomic E-state index is 13.1. The van der Waals surface area contributed by atoms with Gasteiger partial charge in [-0.1, -0.05) is 63.1 Å². The van der Waals surface area contributed by atoms with E-state index in [2.05, 4.69) is 41.1 Å². The van der Waals surface area contributed by atoms with Gasteiger partial charge in [0, 0.05) is 35.5 Å². The first-order valence-corrected chi connectivity index (χ1v) is 11.7. The number of hydrogen-bond acceptors (Lipinski definition) is 5. The highest BCUT2D eigenvalue weighted by Crippen LogP contribution is 2.34. The van der Waals surface area contributed by atoms with Crippen molar-refractivity contribution in [2.24, 2.45) is 10.2 Å². The highest BCUT2D eigenvalue weighted by atomic mass is 16.1. The molecule has 0 atom stereocenters. The first-order valence-electron chi connectivity index (χ1n) is 11.7. The van der Waals surface area contributed by atoms with Crippen LogP contribution in [0.4, 0.5) is 17.1 Å². The minimum Gasteiger partial charge on any atom is -0.372 e. The quantitative estimate of drug-likeness (QED) is 0.257. The summed E-state index contributed by atoms with van der Waals surface area (Å²) in [6, 6.07) is 20.1. The number of ketones is 2. The van der Waals surface area contributed by atoms with E-state index in [1.807, 2.05) is 12.1 Å². The number of nitrogens with zero attached hydrogens (tertiary/aromatic N) is 3. The molecule has 3 aromatic rings. The number of unbranched alkanes of at least 4 members (excludes halogenated alkanes) is 2. The lowest BCUT2D eigenvalue weighted by Gasteiger charge is -2.24. The Morgan fingerprint density at radius 2 is 1.27 bits per heavy atom. The number of hydrogen-bond donors (Lipinski definition) is 0. The number of carbonyl (C=O) groups is 2. The van der Waals surface area contributed by atoms with E-state index >= 15 is 0 Å². The summed E-state index contributed by atoms with van der Waals surface area (Å²) in [6.07, 6.45) is 4.67. The molecule has 5 nitrogen and oxygen atoms in total. The zero-order valence-electron chi connectivity index (χ0n) is 19.3. The molecule has 0 unspecified atom stereocenters. The summed E-state index contributed by atoms with van der Waals surface area (Å²) in [7, 11) is 0. The Hall–Kier alpha value is -3.60. The molecule has 3 aromatic carbocycles. The van der Waals surface area contributed by atoms with Crippen LogP contribution in [-0.2, 0) is 0 Å². The summed E-state index contributed by atoms with van der Waals surface area (Å²) in [5.74, 6) is -0.339. The summed E-state index contributed by atoms with van der Waals surface area (Å²) in [4.78, 5) is 28.4. The molecule has 0 fully saturated rings. The zero-order chi connectivity index (χ0) is 23.2. The molecule has 33 heavy (non-hydrogen) atoms. The molecule has 0 saturated heterocycles. The smallest absolute Gasteiger partial charge is 0.196 e. The van der Waals surface area contributed by atoms with E-state index in [4.69, 9.17) is 0 Å². The van der Waals surface area contributed by atoms with Gasteiger partial charge in [0.2, 0.25) is 0 Å². The molecule has 0 N–H and O–H groups in total. The van der Waals surface area contributed by atoms with Gasteiger partial charge in [-0.05, 0) is 43.2 Å². The Bertz CT molecular complexity index is 1170. The number of carbonyl (C=O) groups excluding carboxylic acids is 2. The molecule has 0 spiro atoms. The van der Waals surface area contributed by atoms with Crippen LogP contribution in [0.2, 0.25) is 0 Å². The molecular formula is C28H29N3O2. The van der Waals surface area contributed by atoms with Crippen molar-refractivity contribution in [3.8, 4) is 0 Å². The topological polar surface area (TPSA) is 62.1 Å². The van der Waals surface area contributed by atoms with Crippen molar-refractivity contribution in [1.82, 2.24) is 0 Å². The molecule has 1 aliphatic carbocycles. The Kier molecular flexibility index (Phi) is 7.08. The van der Waals surface area contributed by atoms with Gasteiger partial charge >= 0.3 is 0 Å². The van der Waals surface area contributed by atoms with Crippen LogP contribution in [0.15, 0.2) is 77.0 Å². The van der Waals surface area contributed by atoms with E-state index in [0.717, 1.165) is 13.1 Å². The van der Waals surface area contributed by atoms with Crippen LogP contribution in [0, 0.1) is 0 Å². The molecule has 0 bridgehead atoms. The van der Waals surface area contributed by atoms with Crippen LogP contribution in [0.1, 0.15) is 71.4 Å². The molecule has 0 radical (unpaired) electrons. The highest BCUT2D eigenvalue weighted by molar-refractivity contribution is 6.29. The Labute approximate surface area is 195 Å². The fourth-order valence-electron chi connectivity index (χ4n) is 4.12. The molecule has 0 heterocycles. The molecule has 1 aliphatic rings. The first-order chi connectivity index (χ1) is 16.1. The van der Waals surface area contributed by atoms with Crippen molar-refractivity contribution < 1.29 is 9.59 Å². The van der Waals surface area contributed by atoms with Gasteiger partial charge in [0.25, 0.3) is 0 Å². The average molecular weight is 440 g/mol. The van der Waals surface area contributed by atoms with E-state index in [1.54, 1.807) is 42.5 Å². The van der Waals surface area contributed by atoms with Crippen molar-refractivity contribution in [3.05, 3.63) is 89.0 Å². The molecule has 0 aliphatic heterocycles. The second-order valence-corrected chi connectivity index (χ2v) is 8.31. The van der Waals surface area contributed by atoms with Gasteiger partial charge in [0.15, 0.2) is 11.6 Å². The van der Waals surface area contributed by atoms with Gasteiger partial charge in [0.1, 0.15) is 0 Å². The predicted molar refractivity (Wildman–Crippen MR) is 132 cm³/mol. The van der Waals surface area contributed by atoms with Gasteiger partial charge < -0.3 is 4.90 Å². The minimum absolute atomic E-state index is 0.152. The van der Waals surface area contributed by atoms with Gasteiger partial charge in [-0.2, -0.15) is 5.11 Å². The van der Waals surface area contributed by atoms with Crippen molar-refractivity contribution in [2.45, 2.75) is 39.5 Å². The second-order valence-electron chi connectivity index (χ2n) is 8.31. The van der Waals surface area contributed by atoms with Gasteiger partial charge in [-0.15, -0.1) is 5.11 Å². The van der Waals surface area contributed by atoms with Crippen LogP contribution in [-0.4, -0.2) is 24.7 Å². The minimum atomic E-state index is -0.187. The average Bonchev–Trinajstić information content (AvgIpc) is 2.86. The van der Waals surface area contributed by atoms with Crippen LogP contribution >= 0.6 is 0 Å². The summed E-state index contributed by atoms with van der Waals surface area (Å²) in [6.45, 7) is 6.51. The van der Waals surface area contributed by atoms with Crippen molar-refractivity contribution in [1.29, 1.82) is 0 Å². The van der Waals surface area contributed by atoms with Gasteiger partial charge in [0.05, 0.1) is 16.9 Å². The Morgan fingerprint density at radius 3 is 1.91 bits per heavy atom. The molecule has 168 valence electrons. The monoisotopic (exact) mass is 439 g/mol. The Morgan fingerprint density at radius 1 is 0.667 bits per heavy atom. The lowest BCUT2D eigenvalue weighted by Crippen LogP contribution is -2.25. The van der Waals surface area contributed by atoms with Crippen molar-refractivity contribution in [2.75, 3.05) is 18.0 Å². The third-order valence-corrected chi connectivity index (χ3v) is 5.98. The predicted octanol–water partition coefficient (Wildman–Crippen LogP) is 7.28. The molecule has 0 saturated carbocycles. The van der Waals surface area contributed by atoms with Crippen molar-refractivity contribution in [3.63, 3.8) is 0 Å². The lowest BCUT2D eigenvalue weighted by molar-refractivity contribution is 0.0979. The number of benzene rings is 3. The maximum atomic E-state index is 13.1. The zero-order valence-corrected chi connectivity index (χ0v) is 19.3. The first kappa shape index (κ1) is 22.6. The molecule has 0 aromatic heterocycles. The van der Waals surface area contributed by atoms with Gasteiger partial charge in [-0.3, -0.25) is 9.59 Å². The Balaban J connectivity index is 1.58. The SMILES string of the molecule is CCCCN(CCCC)c1ccc(N=Nc2cccc3c2C(=O)c2ccccc2C3=O)cc1. The van der Waals surface area contributed by atoms with Crippen LogP contribution in [0.25, 0.3) is 0 Å². The molecule has 4 rings (SSSR count). The summed E-state index contributed by atoms with van der Waals surface area (Å²) >= 11 is 0. The van der Waals surface area contributed by atoms with E-state index in [-0.39, 0.29) is 11.6 Å². The van der Waals surface area contributed by atoms with E-state index < -0.39 is 0 Å². The summed E-state index contributed by atoms with van der Waals surface area (Å²) in [5.41, 5.74) is 3.87. The van der Waals surface area contributed by atoms with E-state index in [1.165, 1.54) is 31.4 Å². The van der Waals surface area contributed by atoms with E-state index in [0.29, 0.717) is 33.6 Å².